The highest BCUT2D eigenvalue weighted by Crippen LogP contribution is 2.06. The van der Waals surface area contributed by atoms with Crippen LogP contribution in [0.5, 0.6) is 0 Å². The molecule has 4 heteroatoms. The monoisotopic (exact) mass is 200 g/mol. The highest BCUT2D eigenvalue weighted by molar-refractivity contribution is 7.81. The van der Waals surface area contributed by atoms with E-state index in [1.54, 1.807) is 11.8 Å². The van der Waals surface area contributed by atoms with Crippen molar-refractivity contribution in [3.05, 3.63) is 0 Å². The Morgan fingerprint density at radius 2 is 2.08 bits per heavy atom. The zero-order valence-electron chi connectivity index (χ0n) is 8.32. The summed E-state index contributed by atoms with van der Waals surface area (Å²) in [6.07, 6.45) is 0.379. The minimum Gasteiger partial charge on any atom is -0.338 e. The van der Waals surface area contributed by atoms with Crippen molar-refractivity contribution in [1.29, 1.82) is 5.26 Å². The Morgan fingerprint density at radius 1 is 1.54 bits per heavy atom. The van der Waals surface area contributed by atoms with E-state index in [4.69, 9.17) is 5.26 Å². The third kappa shape index (κ3) is 4.18. The summed E-state index contributed by atoms with van der Waals surface area (Å²) in [5.74, 6) is -0.00594. The molecule has 0 aromatic heterocycles. The molecular formula is C9H16N2OS. The van der Waals surface area contributed by atoms with Crippen LogP contribution < -0.4 is 0 Å². The molecule has 1 atom stereocenters. The number of nitrogens with zero attached hydrogens (tertiary/aromatic N) is 2. The number of thiol groups is 1. The number of nitriles is 1. The molecule has 3 nitrogen and oxygen atoms in total. The van der Waals surface area contributed by atoms with E-state index < -0.39 is 0 Å². The summed E-state index contributed by atoms with van der Waals surface area (Å²) in [6.45, 7) is 6.11. The fourth-order valence-corrected chi connectivity index (χ4v) is 1.18. The van der Waals surface area contributed by atoms with Crippen molar-refractivity contribution in [2.75, 3.05) is 6.54 Å². The highest BCUT2D eigenvalue weighted by atomic mass is 32.1. The largest absolute Gasteiger partial charge is 0.338 e. The molecule has 0 spiro atoms. The van der Waals surface area contributed by atoms with E-state index in [2.05, 4.69) is 12.6 Å². The van der Waals surface area contributed by atoms with Gasteiger partial charge < -0.3 is 4.90 Å². The molecule has 0 saturated heterocycles. The summed E-state index contributed by atoms with van der Waals surface area (Å²) < 4.78 is 0. The van der Waals surface area contributed by atoms with Crippen molar-refractivity contribution in [2.45, 2.75) is 38.5 Å². The lowest BCUT2D eigenvalue weighted by Gasteiger charge is -2.27. The van der Waals surface area contributed by atoms with Gasteiger partial charge in [0.25, 0.3) is 0 Å². The number of amides is 1. The molecule has 0 saturated carbocycles. The Labute approximate surface area is 85.1 Å². The van der Waals surface area contributed by atoms with Gasteiger partial charge in [-0.3, -0.25) is 4.79 Å². The Hall–Kier alpha value is -0.690. The third-order valence-corrected chi connectivity index (χ3v) is 1.95. The average Bonchev–Trinajstić information content (AvgIpc) is 2.04. The first kappa shape index (κ1) is 12.3. The minimum atomic E-state index is -0.291. The molecular weight excluding hydrogens is 184 g/mol. The van der Waals surface area contributed by atoms with Gasteiger partial charge in [0.2, 0.25) is 5.91 Å². The Bertz CT molecular complexity index is 208. The second-order valence-corrected chi connectivity index (χ2v) is 3.98. The molecule has 0 aromatic rings. The van der Waals surface area contributed by atoms with Crippen molar-refractivity contribution in [2.24, 2.45) is 0 Å². The van der Waals surface area contributed by atoms with Crippen molar-refractivity contribution in [3.8, 4) is 6.07 Å². The average molecular weight is 200 g/mol. The van der Waals surface area contributed by atoms with Crippen LogP contribution >= 0.6 is 12.6 Å². The summed E-state index contributed by atoms with van der Waals surface area (Å²) in [6, 6.07) is 2.16. The molecule has 0 fully saturated rings. The molecule has 0 aliphatic heterocycles. The molecule has 0 aliphatic carbocycles. The molecule has 0 aliphatic rings. The predicted octanol–water partition coefficient (Wildman–Crippen LogP) is 1.46. The summed E-state index contributed by atoms with van der Waals surface area (Å²) >= 11 is 4.07. The van der Waals surface area contributed by atoms with Crippen LogP contribution in [0.2, 0.25) is 0 Å². The number of hydrogen-bond acceptors (Lipinski definition) is 3. The lowest BCUT2D eigenvalue weighted by atomic mass is 10.2. The number of carbonyl (C=O) groups excluding carboxylic acids is 1. The molecule has 0 rings (SSSR count). The molecule has 1 unspecified atom stereocenters. The molecule has 1 amide bonds. The first-order chi connectivity index (χ1) is 6.00. The number of hydrogen-bond donors (Lipinski definition) is 1. The topological polar surface area (TPSA) is 44.1 Å². The summed E-state index contributed by atoms with van der Waals surface area (Å²) in [4.78, 5) is 13.2. The van der Waals surface area contributed by atoms with Gasteiger partial charge in [0.1, 0.15) is 0 Å². The maximum atomic E-state index is 11.5. The first-order valence-electron chi connectivity index (χ1n) is 4.36. The standard InChI is InChI=1S/C9H16N2OS/c1-7(2)11(6-4-5-10)9(12)8(3)13/h7-8,13H,4,6H2,1-3H3. The van der Waals surface area contributed by atoms with Crippen LogP contribution in [0, 0.1) is 11.3 Å². The van der Waals surface area contributed by atoms with Crippen molar-refractivity contribution >= 4 is 18.5 Å². The van der Waals surface area contributed by atoms with E-state index in [9.17, 15) is 4.79 Å². The predicted molar refractivity (Wildman–Crippen MR) is 55.5 cm³/mol. The van der Waals surface area contributed by atoms with Crippen LogP contribution in [0.1, 0.15) is 27.2 Å². The Kier molecular flexibility index (Phi) is 5.56. The van der Waals surface area contributed by atoms with E-state index in [1.807, 2.05) is 19.9 Å². The van der Waals surface area contributed by atoms with Crippen LogP contribution in [0.15, 0.2) is 0 Å². The SMILES string of the molecule is CC(S)C(=O)N(CCC#N)C(C)C. The summed E-state index contributed by atoms with van der Waals surface area (Å²) in [5.41, 5.74) is 0. The van der Waals surface area contributed by atoms with E-state index in [1.165, 1.54) is 0 Å². The molecule has 13 heavy (non-hydrogen) atoms. The number of rotatable bonds is 4. The Morgan fingerprint density at radius 3 is 2.38 bits per heavy atom. The minimum absolute atomic E-state index is 0.00594. The molecule has 0 heterocycles. The van der Waals surface area contributed by atoms with Gasteiger partial charge in [-0.15, -0.1) is 0 Å². The second kappa shape index (κ2) is 5.87. The van der Waals surface area contributed by atoms with Gasteiger partial charge in [-0.05, 0) is 20.8 Å². The molecule has 0 N–H and O–H groups in total. The first-order valence-corrected chi connectivity index (χ1v) is 4.87. The summed E-state index contributed by atoms with van der Waals surface area (Å²) in [5, 5.41) is 8.12. The quantitative estimate of drug-likeness (QED) is 0.698. The van der Waals surface area contributed by atoms with Gasteiger partial charge in [0.15, 0.2) is 0 Å². The van der Waals surface area contributed by atoms with Crippen LogP contribution in [0.3, 0.4) is 0 Å². The molecule has 0 bridgehead atoms. The van der Waals surface area contributed by atoms with Gasteiger partial charge in [-0.25, -0.2) is 0 Å². The lowest BCUT2D eigenvalue weighted by molar-refractivity contribution is -0.131. The number of carbonyl (C=O) groups is 1. The lowest BCUT2D eigenvalue weighted by Crippen LogP contribution is -2.41. The van der Waals surface area contributed by atoms with Crippen LogP contribution in [-0.2, 0) is 4.79 Å². The van der Waals surface area contributed by atoms with Crippen LogP contribution in [-0.4, -0.2) is 28.6 Å². The van der Waals surface area contributed by atoms with E-state index >= 15 is 0 Å². The van der Waals surface area contributed by atoms with Crippen LogP contribution in [0.4, 0.5) is 0 Å². The van der Waals surface area contributed by atoms with Gasteiger partial charge in [0.05, 0.1) is 17.7 Å². The van der Waals surface area contributed by atoms with Gasteiger partial charge in [0, 0.05) is 12.6 Å². The van der Waals surface area contributed by atoms with E-state index in [0.717, 1.165) is 0 Å². The summed E-state index contributed by atoms with van der Waals surface area (Å²) in [7, 11) is 0. The maximum absolute atomic E-state index is 11.5. The maximum Gasteiger partial charge on any atom is 0.235 e. The van der Waals surface area contributed by atoms with Crippen molar-refractivity contribution < 1.29 is 4.79 Å². The van der Waals surface area contributed by atoms with E-state index in [-0.39, 0.29) is 17.2 Å². The van der Waals surface area contributed by atoms with Gasteiger partial charge in [-0.1, -0.05) is 0 Å². The van der Waals surface area contributed by atoms with E-state index in [0.29, 0.717) is 13.0 Å². The molecule has 74 valence electrons. The Balaban J connectivity index is 4.26. The van der Waals surface area contributed by atoms with Gasteiger partial charge >= 0.3 is 0 Å². The smallest absolute Gasteiger partial charge is 0.235 e. The highest BCUT2D eigenvalue weighted by Gasteiger charge is 2.19. The van der Waals surface area contributed by atoms with Crippen molar-refractivity contribution in [3.63, 3.8) is 0 Å². The fourth-order valence-electron chi connectivity index (χ4n) is 1.03. The second-order valence-electron chi connectivity index (χ2n) is 3.21. The molecule has 0 radical (unpaired) electrons. The van der Waals surface area contributed by atoms with Crippen LogP contribution in [0.25, 0.3) is 0 Å². The fraction of sp³-hybridized carbons (Fsp3) is 0.778. The normalized spacial score (nSPS) is 12.3. The van der Waals surface area contributed by atoms with Gasteiger partial charge in [-0.2, -0.15) is 17.9 Å². The zero-order chi connectivity index (χ0) is 10.4. The van der Waals surface area contributed by atoms with Crippen molar-refractivity contribution in [1.82, 2.24) is 4.90 Å². The zero-order valence-corrected chi connectivity index (χ0v) is 9.21. The molecule has 0 aromatic carbocycles. The third-order valence-electron chi connectivity index (χ3n) is 1.73.